The van der Waals surface area contributed by atoms with Gasteiger partial charge in [0.25, 0.3) is 0 Å². The fourth-order valence-electron chi connectivity index (χ4n) is 1.28. The number of carboxylic acid groups (broad SMARTS) is 1. The Balaban J connectivity index is 4.10. The summed E-state index contributed by atoms with van der Waals surface area (Å²) in [6.07, 6.45) is 0.838. The number of hydrogen-bond acceptors (Lipinski definition) is 3. The van der Waals surface area contributed by atoms with Crippen molar-refractivity contribution < 1.29 is 9.90 Å². The van der Waals surface area contributed by atoms with Gasteiger partial charge in [-0.1, -0.05) is 5.11 Å². The van der Waals surface area contributed by atoms with Gasteiger partial charge in [0.2, 0.25) is 0 Å². The Kier molecular flexibility index (Phi) is 9.11. The van der Waals surface area contributed by atoms with Crippen molar-refractivity contribution in [1.29, 1.82) is 0 Å². The molecule has 0 saturated carbocycles. The molecule has 0 heterocycles. The summed E-state index contributed by atoms with van der Waals surface area (Å²) in [4.78, 5) is 17.5. The van der Waals surface area contributed by atoms with Crippen LogP contribution in [-0.2, 0) is 4.79 Å². The monoisotopic (exact) mass is 256 g/mol. The largest absolute Gasteiger partial charge is 0.481 e. The van der Waals surface area contributed by atoms with E-state index in [0.29, 0.717) is 18.9 Å². The molecule has 0 radical (unpaired) electrons. The van der Waals surface area contributed by atoms with Gasteiger partial charge in [0, 0.05) is 24.5 Å². The van der Waals surface area contributed by atoms with Crippen molar-refractivity contribution >= 4 is 11.9 Å². The Morgan fingerprint density at radius 2 is 2.00 bits per heavy atom. The summed E-state index contributed by atoms with van der Waals surface area (Å²) in [5, 5.41) is 18.1. The van der Waals surface area contributed by atoms with Crippen LogP contribution in [-0.4, -0.2) is 42.7 Å². The quantitative estimate of drug-likeness (QED) is 0.150. The maximum atomic E-state index is 10.7. The third-order valence-electron chi connectivity index (χ3n) is 2.07. The first-order valence-electron chi connectivity index (χ1n) is 5.94. The van der Waals surface area contributed by atoms with Crippen LogP contribution in [0.1, 0.15) is 26.7 Å². The Hall–Kier alpha value is -1.95. The molecule has 0 aliphatic rings. The molecular weight excluding hydrogens is 236 g/mol. The van der Waals surface area contributed by atoms with E-state index >= 15 is 0 Å². The highest BCUT2D eigenvalue weighted by molar-refractivity contribution is 5.79. The summed E-state index contributed by atoms with van der Waals surface area (Å²) in [7, 11) is 0. The average molecular weight is 256 g/mol. The number of azide groups is 1. The van der Waals surface area contributed by atoms with E-state index in [9.17, 15) is 4.79 Å². The number of hydrogen-bond donors (Lipinski definition) is 3. The van der Waals surface area contributed by atoms with Crippen molar-refractivity contribution in [1.82, 2.24) is 10.6 Å². The van der Waals surface area contributed by atoms with E-state index in [-0.39, 0.29) is 6.42 Å². The maximum Gasteiger partial charge on any atom is 0.312 e. The zero-order valence-electron chi connectivity index (χ0n) is 10.8. The number of guanidine groups is 1. The first-order valence-corrected chi connectivity index (χ1v) is 5.94. The molecule has 1 atom stereocenters. The second-order valence-electron chi connectivity index (χ2n) is 3.49. The van der Waals surface area contributed by atoms with Crippen LogP contribution in [0.15, 0.2) is 10.1 Å². The molecule has 0 amide bonds. The Labute approximate surface area is 106 Å². The van der Waals surface area contributed by atoms with Gasteiger partial charge in [-0.05, 0) is 32.2 Å². The SMILES string of the molecule is CCNC(=NCCC[C@H](N=[N+]=[N-])C(=O)O)NCC. The van der Waals surface area contributed by atoms with E-state index < -0.39 is 12.0 Å². The van der Waals surface area contributed by atoms with E-state index in [4.69, 9.17) is 10.6 Å². The van der Waals surface area contributed by atoms with E-state index in [0.717, 1.165) is 13.1 Å². The lowest BCUT2D eigenvalue weighted by molar-refractivity contribution is -0.138. The number of aliphatic carboxylic acids is 1. The fraction of sp³-hybridized carbons (Fsp3) is 0.800. The van der Waals surface area contributed by atoms with Gasteiger partial charge in [0.15, 0.2) is 5.96 Å². The zero-order valence-corrected chi connectivity index (χ0v) is 10.8. The van der Waals surface area contributed by atoms with Gasteiger partial charge in [-0.3, -0.25) is 9.79 Å². The third kappa shape index (κ3) is 7.34. The van der Waals surface area contributed by atoms with Crippen LogP contribution >= 0.6 is 0 Å². The van der Waals surface area contributed by atoms with Gasteiger partial charge >= 0.3 is 5.97 Å². The van der Waals surface area contributed by atoms with Crippen molar-refractivity contribution in [2.75, 3.05) is 19.6 Å². The molecule has 0 aromatic heterocycles. The number of rotatable bonds is 8. The number of carbonyl (C=O) groups is 1. The van der Waals surface area contributed by atoms with Crippen LogP contribution < -0.4 is 10.6 Å². The van der Waals surface area contributed by atoms with Crippen LogP contribution in [0.25, 0.3) is 10.4 Å². The molecule has 8 heteroatoms. The first-order chi connectivity index (χ1) is 8.65. The van der Waals surface area contributed by atoms with Crippen LogP contribution in [0, 0.1) is 0 Å². The van der Waals surface area contributed by atoms with Crippen molar-refractivity contribution in [3.8, 4) is 0 Å². The number of aliphatic imine (C=N–C) groups is 1. The molecule has 0 aromatic rings. The molecule has 8 nitrogen and oxygen atoms in total. The molecule has 0 aliphatic carbocycles. The molecule has 102 valence electrons. The minimum absolute atomic E-state index is 0.286. The lowest BCUT2D eigenvalue weighted by Crippen LogP contribution is -2.37. The maximum absolute atomic E-state index is 10.7. The second kappa shape index (κ2) is 10.2. The molecule has 0 saturated heterocycles. The summed E-state index contributed by atoms with van der Waals surface area (Å²) >= 11 is 0. The normalized spacial score (nSPS) is 11.0. The smallest absolute Gasteiger partial charge is 0.312 e. The summed E-state index contributed by atoms with van der Waals surface area (Å²) in [6, 6.07) is -1.01. The Morgan fingerprint density at radius 3 is 2.44 bits per heavy atom. The molecule has 18 heavy (non-hydrogen) atoms. The summed E-state index contributed by atoms with van der Waals surface area (Å²) in [5.74, 6) is -0.397. The number of nitrogens with zero attached hydrogens (tertiary/aromatic N) is 4. The minimum Gasteiger partial charge on any atom is -0.481 e. The minimum atomic E-state index is -1.10. The Morgan fingerprint density at radius 1 is 1.39 bits per heavy atom. The van der Waals surface area contributed by atoms with Gasteiger partial charge < -0.3 is 15.7 Å². The standard InChI is InChI=1S/C10H20N6O2/c1-3-12-10(13-4-2)14-7-5-6-8(9(17)18)15-16-11/h8H,3-7H2,1-2H3,(H,17,18)(H2,12,13,14)/t8-/m0/s1. The van der Waals surface area contributed by atoms with Crippen molar-refractivity contribution in [2.24, 2.45) is 10.1 Å². The average Bonchev–Trinajstić information content (AvgIpc) is 2.33. The zero-order chi connectivity index (χ0) is 13.8. The molecule has 0 aromatic carbocycles. The molecule has 0 fully saturated rings. The lowest BCUT2D eigenvalue weighted by Gasteiger charge is -2.09. The fourth-order valence-corrected chi connectivity index (χ4v) is 1.28. The lowest BCUT2D eigenvalue weighted by atomic mass is 10.2. The molecule has 0 rings (SSSR count). The highest BCUT2D eigenvalue weighted by Gasteiger charge is 2.14. The van der Waals surface area contributed by atoms with Crippen LogP contribution in [0.2, 0.25) is 0 Å². The van der Waals surface area contributed by atoms with Crippen molar-refractivity contribution in [3.05, 3.63) is 10.4 Å². The molecular formula is C10H20N6O2. The van der Waals surface area contributed by atoms with Crippen molar-refractivity contribution in [3.63, 3.8) is 0 Å². The highest BCUT2D eigenvalue weighted by Crippen LogP contribution is 2.03. The molecule has 0 aliphatic heterocycles. The van der Waals surface area contributed by atoms with Gasteiger partial charge in [0.05, 0.1) is 0 Å². The van der Waals surface area contributed by atoms with E-state index in [2.05, 4.69) is 25.7 Å². The summed E-state index contributed by atoms with van der Waals surface area (Å²) < 4.78 is 0. The summed E-state index contributed by atoms with van der Waals surface area (Å²) in [6.45, 7) is 5.95. The van der Waals surface area contributed by atoms with Crippen molar-refractivity contribution in [2.45, 2.75) is 32.7 Å². The molecule has 0 unspecified atom stereocenters. The van der Waals surface area contributed by atoms with E-state index in [1.54, 1.807) is 0 Å². The molecule has 0 bridgehead atoms. The first kappa shape index (κ1) is 16.1. The van der Waals surface area contributed by atoms with Crippen LogP contribution in [0.3, 0.4) is 0 Å². The second-order valence-corrected chi connectivity index (χ2v) is 3.49. The van der Waals surface area contributed by atoms with Gasteiger partial charge in [-0.2, -0.15) is 0 Å². The predicted octanol–water partition coefficient (Wildman–Crippen LogP) is 1.11. The van der Waals surface area contributed by atoms with Gasteiger partial charge in [-0.25, -0.2) is 0 Å². The van der Waals surface area contributed by atoms with E-state index in [1.807, 2.05) is 13.8 Å². The number of nitrogens with one attached hydrogen (secondary N) is 2. The Bertz CT molecular complexity index is 314. The van der Waals surface area contributed by atoms with Crippen LogP contribution in [0.4, 0.5) is 0 Å². The van der Waals surface area contributed by atoms with Gasteiger partial charge in [-0.15, -0.1) is 0 Å². The van der Waals surface area contributed by atoms with Crippen LogP contribution in [0.5, 0.6) is 0 Å². The van der Waals surface area contributed by atoms with E-state index in [1.165, 1.54) is 0 Å². The highest BCUT2D eigenvalue weighted by atomic mass is 16.4. The topological polar surface area (TPSA) is 122 Å². The third-order valence-corrected chi connectivity index (χ3v) is 2.07. The summed E-state index contributed by atoms with van der Waals surface area (Å²) in [5.41, 5.74) is 8.22. The number of carboxylic acids is 1. The molecule has 0 spiro atoms. The molecule has 3 N–H and O–H groups in total. The van der Waals surface area contributed by atoms with Gasteiger partial charge in [0.1, 0.15) is 6.04 Å². The predicted molar refractivity (Wildman–Crippen MR) is 69.5 cm³/mol.